The molecule has 0 heterocycles. The van der Waals surface area contributed by atoms with Crippen molar-refractivity contribution in [2.45, 2.75) is 109 Å². The molecule has 0 fully saturated rings. The normalized spacial score (nSPS) is 15.9. The summed E-state index contributed by atoms with van der Waals surface area (Å²) in [6, 6.07) is 0. The summed E-state index contributed by atoms with van der Waals surface area (Å²) in [6.45, 7) is 20.6. The number of rotatable bonds is 24. The van der Waals surface area contributed by atoms with Gasteiger partial charge in [-0.15, -0.1) is 6.58 Å². The van der Waals surface area contributed by atoms with E-state index in [0.29, 0.717) is 12.7 Å². The molecule has 0 saturated carbocycles. The molecule has 13 nitrogen and oxygen atoms in total. The van der Waals surface area contributed by atoms with Crippen LogP contribution >= 0.6 is 0 Å². The van der Waals surface area contributed by atoms with Crippen LogP contribution in [0.25, 0.3) is 0 Å². The van der Waals surface area contributed by atoms with Crippen molar-refractivity contribution in [3.05, 3.63) is 12.7 Å². The van der Waals surface area contributed by atoms with Crippen LogP contribution in [0.15, 0.2) is 12.7 Å². The lowest BCUT2D eigenvalue weighted by molar-refractivity contribution is -0.182. The zero-order valence-electron chi connectivity index (χ0n) is 32.7. The van der Waals surface area contributed by atoms with E-state index in [2.05, 4.69) is 6.58 Å². The monoisotopic (exact) mass is 726 g/mol. The first-order chi connectivity index (χ1) is 23.1. The Morgan fingerprint density at radius 3 is 1.02 bits per heavy atom. The number of hydrogen-bond donors (Lipinski definition) is 2. The van der Waals surface area contributed by atoms with Crippen LogP contribution in [0, 0.1) is 50.7 Å². The highest BCUT2D eigenvalue weighted by molar-refractivity contribution is 5.79. The number of aldehydes is 1. The smallest absolute Gasteiger partial charge is 0.311 e. The van der Waals surface area contributed by atoms with Crippen molar-refractivity contribution in [2.75, 3.05) is 26.4 Å². The molecule has 4 atom stereocenters. The molecule has 0 aliphatic rings. The molecule has 0 rings (SSSR count). The number of hydrogen-bond acceptors (Lipinski definition) is 11. The van der Waals surface area contributed by atoms with Gasteiger partial charge in [0.1, 0.15) is 38.1 Å². The number of carbonyl (C=O) groups excluding carboxylic acids is 5. The molecular formula is C38H62O13. The van der Waals surface area contributed by atoms with E-state index in [4.69, 9.17) is 18.9 Å². The van der Waals surface area contributed by atoms with E-state index in [0.717, 1.165) is 0 Å². The van der Waals surface area contributed by atoms with Gasteiger partial charge in [-0.1, -0.05) is 33.8 Å². The van der Waals surface area contributed by atoms with E-state index in [-0.39, 0.29) is 25.2 Å². The number of carboxylic acids is 2. The zero-order valence-corrected chi connectivity index (χ0v) is 32.7. The topological polar surface area (TPSA) is 197 Å². The first kappa shape index (κ1) is 47.2. The van der Waals surface area contributed by atoms with Gasteiger partial charge in [-0.3, -0.25) is 28.8 Å². The van der Waals surface area contributed by atoms with Gasteiger partial charge in [-0.05, 0) is 87.0 Å². The molecule has 0 saturated heterocycles. The van der Waals surface area contributed by atoms with E-state index in [1.54, 1.807) is 40.7 Å². The molecule has 0 radical (unpaired) electrons. The maximum atomic E-state index is 13.5. The summed E-state index contributed by atoms with van der Waals surface area (Å²) in [6.07, 6.45) is 2.82. The second-order valence-corrected chi connectivity index (χ2v) is 17.0. The summed E-state index contributed by atoms with van der Waals surface area (Å²) in [7, 11) is 0. The second-order valence-electron chi connectivity index (χ2n) is 17.0. The number of aliphatic carboxylic acids is 2. The molecule has 13 heteroatoms. The molecule has 0 aromatic rings. The highest BCUT2D eigenvalue weighted by atomic mass is 16.6. The van der Waals surface area contributed by atoms with Crippen LogP contribution in [0.5, 0.6) is 0 Å². The fourth-order valence-electron chi connectivity index (χ4n) is 5.69. The fourth-order valence-corrected chi connectivity index (χ4v) is 5.69. The van der Waals surface area contributed by atoms with Crippen molar-refractivity contribution in [1.29, 1.82) is 0 Å². The van der Waals surface area contributed by atoms with Gasteiger partial charge < -0.3 is 34.0 Å². The second kappa shape index (κ2) is 19.2. The fraction of sp³-hybridized carbons (Fsp3) is 0.763. The predicted molar refractivity (Wildman–Crippen MR) is 188 cm³/mol. The molecule has 51 heavy (non-hydrogen) atoms. The number of carboxylic acid groups (broad SMARTS) is 2. The Balaban J connectivity index is 6.86. The third-order valence-corrected chi connectivity index (χ3v) is 9.02. The van der Waals surface area contributed by atoms with E-state index in [9.17, 15) is 43.8 Å². The maximum absolute atomic E-state index is 13.5. The molecule has 292 valence electrons. The molecule has 0 aliphatic heterocycles. The minimum atomic E-state index is -1.66. The van der Waals surface area contributed by atoms with E-state index in [1.165, 1.54) is 41.5 Å². The van der Waals surface area contributed by atoms with Crippen molar-refractivity contribution >= 4 is 42.1 Å². The Hall–Kier alpha value is -3.77. The SMILES string of the molecule is C=CC(C)CC(C)(C)C(=O)OCC(COC(=O)C(C)(C)CC(C)C=O)(COC(=O)C(C)(C)CC(C)C(=O)O)COC(=O)C(C)(C)CC(C)C(=O)O. The van der Waals surface area contributed by atoms with Gasteiger partial charge >= 0.3 is 35.8 Å². The van der Waals surface area contributed by atoms with Gasteiger partial charge in [0.05, 0.1) is 33.5 Å². The standard InChI is InChI=1S/C38H62O13/c1-14-24(2)15-34(6,7)30(44)48-20-38(21-49-31(45)35(8,9)16-25(3)19-39,22-50-32(46)36(10,11)17-26(4)28(40)41)23-51-33(47)37(12,13)18-27(5)29(42)43/h14,19,24-27H,1,15-18,20-23H2,2-13H3,(H,40,41)(H,42,43). The van der Waals surface area contributed by atoms with Gasteiger partial charge in [0.25, 0.3) is 0 Å². The molecule has 0 amide bonds. The molecule has 0 bridgehead atoms. The lowest BCUT2D eigenvalue weighted by Crippen LogP contribution is -2.47. The Labute approximate surface area is 303 Å². The van der Waals surface area contributed by atoms with Crippen molar-refractivity contribution in [1.82, 2.24) is 0 Å². The third kappa shape index (κ3) is 15.6. The van der Waals surface area contributed by atoms with Crippen molar-refractivity contribution in [3.8, 4) is 0 Å². The Morgan fingerprint density at radius 2 is 0.784 bits per heavy atom. The van der Waals surface area contributed by atoms with Crippen LogP contribution in [0.2, 0.25) is 0 Å². The third-order valence-electron chi connectivity index (χ3n) is 9.02. The summed E-state index contributed by atoms with van der Waals surface area (Å²) in [4.78, 5) is 88.1. The van der Waals surface area contributed by atoms with Gasteiger partial charge in [-0.2, -0.15) is 0 Å². The summed E-state index contributed by atoms with van der Waals surface area (Å²) >= 11 is 0. The van der Waals surface area contributed by atoms with Gasteiger partial charge in [0.2, 0.25) is 0 Å². The van der Waals surface area contributed by atoms with Gasteiger partial charge in [0, 0.05) is 5.92 Å². The average molecular weight is 727 g/mol. The summed E-state index contributed by atoms with van der Waals surface area (Å²) in [5, 5.41) is 18.8. The summed E-state index contributed by atoms with van der Waals surface area (Å²) in [5.74, 6) is -7.40. The Kier molecular flexibility index (Phi) is 17.8. The van der Waals surface area contributed by atoms with Crippen LogP contribution in [0.3, 0.4) is 0 Å². The Morgan fingerprint density at radius 1 is 0.529 bits per heavy atom. The van der Waals surface area contributed by atoms with Crippen LogP contribution in [0.4, 0.5) is 0 Å². The van der Waals surface area contributed by atoms with E-state index >= 15 is 0 Å². The van der Waals surface area contributed by atoms with Crippen molar-refractivity contribution in [3.63, 3.8) is 0 Å². The number of carbonyl (C=O) groups is 7. The van der Waals surface area contributed by atoms with Gasteiger partial charge in [0.15, 0.2) is 0 Å². The molecule has 0 spiro atoms. The highest BCUT2D eigenvalue weighted by Crippen LogP contribution is 2.34. The number of ether oxygens (including phenoxy) is 4. The summed E-state index contributed by atoms with van der Waals surface area (Å²) in [5.41, 5.74) is -6.36. The van der Waals surface area contributed by atoms with Crippen LogP contribution in [-0.4, -0.2) is 78.7 Å². The molecule has 2 N–H and O–H groups in total. The molecule has 4 unspecified atom stereocenters. The van der Waals surface area contributed by atoms with E-state index in [1.807, 2.05) is 6.92 Å². The highest BCUT2D eigenvalue weighted by Gasteiger charge is 2.44. The Bertz CT molecular complexity index is 1160. The molecule has 0 aromatic carbocycles. The quantitative estimate of drug-likeness (QED) is 0.0516. The maximum Gasteiger partial charge on any atom is 0.311 e. The molecule has 0 aliphatic carbocycles. The minimum Gasteiger partial charge on any atom is -0.481 e. The zero-order chi connectivity index (χ0) is 40.2. The average Bonchev–Trinajstić information content (AvgIpc) is 3.01. The van der Waals surface area contributed by atoms with Crippen LogP contribution in [0.1, 0.15) is 109 Å². The minimum absolute atomic E-state index is 0.0398. The number of esters is 4. The lowest BCUT2D eigenvalue weighted by atomic mass is 9.82. The summed E-state index contributed by atoms with van der Waals surface area (Å²) < 4.78 is 23.0. The first-order valence-electron chi connectivity index (χ1n) is 17.3. The molecular weight excluding hydrogens is 664 g/mol. The predicted octanol–water partition coefficient (Wildman–Crippen LogP) is 5.91. The first-order valence-corrected chi connectivity index (χ1v) is 17.3. The lowest BCUT2D eigenvalue weighted by Gasteiger charge is -2.36. The number of allylic oxidation sites excluding steroid dienone is 1. The van der Waals surface area contributed by atoms with Crippen LogP contribution < -0.4 is 0 Å². The van der Waals surface area contributed by atoms with Crippen molar-refractivity contribution in [2.24, 2.45) is 50.7 Å². The van der Waals surface area contributed by atoms with Crippen LogP contribution in [-0.2, 0) is 52.5 Å². The van der Waals surface area contributed by atoms with Gasteiger partial charge in [-0.25, -0.2) is 0 Å². The van der Waals surface area contributed by atoms with E-state index < -0.39 is 107 Å². The van der Waals surface area contributed by atoms with Crippen molar-refractivity contribution < 1.29 is 62.7 Å². The molecule has 0 aromatic heterocycles. The largest absolute Gasteiger partial charge is 0.481 e.